The number of carbonyl (C=O) groups is 1. The van der Waals surface area contributed by atoms with E-state index in [1.54, 1.807) is 0 Å². The van der Waals surface area contributed by atoms with Gasteiger partial charge in [-0.1, -0.05) is 17.7 Å². The first kappa shape index (κ1) is 13.8. The Morgan fingerprint density at radius 3 is 3.10 bits per heavy atom. The van der Waals surface area contributed by atoms with Crippen molar-refractivity contribution in [2.75, 3.05) is 6.61 Å². The molecule has 1 aromatic rings. The van der Waals surface area contributed by atoms with Gasteiger partial charge in [0.1, 0.15) is 5.82 Å². The average molecular weight is 299 g/mol. The molecule has 1 heterocycles. The van der Waals surface area contributed by atoms with Gasteiger partial charge in [0.05, 0.1) is 22.7 Å². The first-order valence-corrected chi connectivity index (χ1v) is 7.09. The van der Waals surface area contributed by atoms with Gasteiger partial charge in [0.25, 0.3) is 5.91 Å². The van der Waals surface area contributed by atoms with Crippen molar-refractivity contribution in [1.82, 2.24) is 5.32 Å². The second-order valence-corrected chi connectivity index (χ2v) is 5.70. The van der Waals surface area contributed by atoms with Crippen molar-refractivity contribution in [1.29, 1.82) is 0 Å². The number of carbonyl (C=O) groups excluding carboxylic acids is 1. The maximum absolute atomic E-state index is 13.4. The lowest BCUT2D eigenvalue weighted by atomic mass is 9.68. The van der Waals surface area contributed by atoms with Gasteiger partial charge in [-0.05, 0) is 25.0 Å². The molecule has 3 N–H and O–H groups in total. The van der Waals surface area contributed by atoms with E-state index in [4.69, 9.17) is 22.1 Å². The Hall–Kier alpha value is -1.17. The predicted octanol–water partition coefficient (Wildman–Crippen LogP) is 1.71. The molecule has 0 spiro atoms. The number of amides is 1. The van der Waals surface area contributed by atoms with Crippen molar-refractivity contribution < 1.29 is 13.9 Å². The van der Waals surface area contributed by atoms with Gasteiger partial charge in [-0.3, -0.25) is 4.79 Å². The van der Waals surface area contributed by atoms with Crippen LogP contribution in [-0.2, 0) is 4.74 Å². The third kappa shape index (κ3) is 2.20. The van der Waals surface area contributed by atoms with Crippen LogP contribution in [-0.4, -0.2) is 30.7 Å². The minimum Gasteiger partial charge on any atom is -0.376 e. The molecule has 1 saturated heterocycles. The highest BCUT2D eigenvalue weighted by Gasteiger charge is 2.51. The van der Waals surface area contributed by atoms with E-state index in [-0.39, 0.29) is 28.8 Å². The van der Waals surface area contributed by atoms with Crippen LogP contribution in [0.4, 0.5) is 4.39 Å². The molecular weight excluding hydrogens is 283 g/mol. The zero-order chi connectivity index (χ0) is 14.3. The lowest BCUT2D eigenvalue weighted by molar-refractivity contribution is -0.117. The molecule has 4 unspecified atom stereocenters. The van der Waals surface area contributed by atoms with Crippen LogP contribution in [0.5, 0.6) is 0 Å². The van der Waals surface area contributed by atoms with Crippen LogP contribution in [0.1, 0.15) is 23.2 Å². The smallest absolute Gasteiger partial charge is 0.253 e. The Labute approximate surface area is 121 Å². The number of ether oxygens (including phenoxy) is 1. The Morgan fingerprint density at radius 1 is 1.50 bits per heavy atom. The molecule has 2 aliphatic rings. The van der Waals surface area contributed by atoms with Gasteiger partial charge in [-0.25, -0.2) is 4.39 Å². The molecule has 3 rings (SSSR count). The summed E-state index contributed by atoms with van der Waals surface area (Å²) in [6.07, 6.45) is 2.00. The summed E-state index contributed by atoms with van der Waals surface area (Å²) in [7, 11) is 0. The highest BCUT2D eigenvalue weighted by molar-refractivity contribution is 6.34. The number of hydrogen-bond donors (Lipinski definition) is 2. The standard InChI is InChI=1S/C14H16ClFN2O2/c15-10-7(3-1-5-9(10)16)14(19)18-12-11(17)8-4-2-6-20-13(8)12/h1,3,5,8,11-13H,2,4,6,17H2,(H,18,19). The Kier molecular flexibility index (Phi) is 3.67. The second kappa shape index (κ2) is 5.31. The molecule has 4 atom stereocenters. The van der Waals surface area contributed by atoms with Gasteiger partial charge in [0.2, 0.25) is 0 Å². The molecule has 0 bridgehead atoms. The summed E-state index contributed by atoms with van der Waals surface area (Å²) in [6.45, 7) is 0.695. The summed E-state index contributed by atoms with van der Waals surface area (Å²) >= 11 is 5.81. The van der Waals surface area contributed by atoms with E-state index in [0.717, 1.165) is 12.8 Å². The van der Waals surface area contributed by atoms with Crippen LogP contribution in [0.3, 0.4) is 0 Å². The van der Waals surface area contributed by atoms with E-state index in [0.29, 0.717) is 12.5 Å². The lowest BCUT2D eigenvalue weighted by Crippen LogP contribution is -2.72. The third-order valence-electron chi connectivity index (χ3n) is 4.17. The zero-order valence-corrected chi connectivity index (χ0v) is 11.6. The summed E-state index contributed by atoms with van der Waals surface area (Å²) in [6, 6.07) is 3.82. The van der Waals surface area contributed by atoms with Crippen molar-refractivity contribution in [2.24, 2.45) is 11.7 Å². The maximum atomic E-state index is 13.4. The van der Waals surface area contributed by atoms with E-state index >= 15 is 0 Å². The molecule has 6 heteroatoms. The van der Waals surface area contributed by atoms with Gasteiger partial charge in [0, 0.05) is 18.6 Å². The summed E-state index contributed by atoms with van der Waals surface area (Å²) in [4.78, 5) is 12.2. The Bertz CT molecular complexity index is 540. The first-order valence-electron chi connectivity index (χ1n) is 6.71. The Balaban J connectivity index is 1.72. The molecule has 20 heavy (non-hydrogen) atoms. The highest BCUT2D eigenvalue weighted by Crippen LogP contribution is 2.37. The van der Waals surface area contributed by atoms with Gasteiger partial charge < -0.3 is 15.8 Å². The number of rotatable bonds is 2. The summed E-state index contributed by atoms with van der Waals surface area (Å²) in [5.74, 6) is -0.719. The lowest BCUT2D eigenvalue weighted by Gasteiger charge is -2.52. The monoisotopic (exact) mass is 298 g/mol. The van der Waals surface area contributed by atoms with Gasteiger partial charge in [0.15, 0.2) is 0 Å². The van der Waals surface area contributed by atoms with Crippen LogP contribution in [0.2, 0.25) is 5.02 Å². The number of benzene rings is 1. The SMILES string of the molecule is NC1C2CCCOC2C1NC(=O)c1cccc(F)c1Cl. The zero-order valence-electron chi connectivity index (χ0n) is 10.8. The van der Waals surface area contributed by atoms with Gasteiger partial charge >= 0.3 is 0 Å². The molecule has 4 nitrogen and oxygen atoms in total. The predicted molar refractivity (Wildman–Crippen MR) is 73.1 cm³/mol. The largest absolute Gasteiger partial charge is 0.376 e. The topological polar surface area (TPSA) is 64.3 Å². The normalized spacial score (nSPS) is 32.1. The molecule has 1 saturated carbocycles. The summed E-state index contributed by atoms with van der Waals surface area (Å²) in [5.41, 5.74) is 6.19. The molecule has 1 aliphatic heterocycles. The average Bonchev–Trinajstić information content (AvgIpc) is 2.47. The van der Waals surface area contributed by atoms with Crippen LogP contribution in [0.25, 0.3) is 0 Å². The fourth-order valence-electron chi connectivity index (χ4n) is 3.03. The van der Waals surface area contributed by atoms with E-state index in [1.807, 2.05) is 0 Å². The highest BCUT2D eigenvalue weighted by atomic mass is 35.5. The number of nitrogens with two attached hydrogens (primary N) is 1. The quantitative estimate of drug-likeness (QED) is 0.874. The molecule has 0 aromatic heterocycles. The molecule has 1 aliphatic carbocycles. The number of hydrogen-bond acceptors (Lipinski definition) is 3. The van der Waals surface area contributed by atoms with Crippen molar-refractivity contribution >= 4 is 17.5 Å². The third-order valence-corrected chi connectivity index (χ3v) is 4.56. The molecule has 108 valence electrons. The molecule has 0 radical (unpaired) electrons. The van der Waals surface area contributed by atoms with Crippen molar-refractivity contribution in [2.45, 2.75) is 31.0 Å². The molecular formula is C14H16ClFN2O2. The number of fused-ring (bicyclic) bond motifs is 1. The Morgan fingerprint density at radius 2 is 2.30 bits per heavy atom. The van der Waals surface area contributed by atoms with Crippen LogP contribution >= 0.6 is 11.6 Å². The van der Waals surface area contributed by atoms with E-state index in [9.17, 15) is 9.18 Å². The molecule has 1 amide bonds. The minimum atomic E-state index is -0.607. The molecule has 2 fully saturated rings. The maximum Gasteiger partial charge on any atom is 0.253 e. The van der Waals surface area contributed by atoms with Crippen LogP contribution in [0.15, 0.2) is 18.2 Å². The summed E-state index contributed by atoms with van der Waals surface area (Å²) in [5, 5.41) is 2.64. The van der Waals surface area contributed by atoms with E-state index in [1.165, 1.54) is 18.2 Å². The van der Waals surface area contributed by atoms with Crippen molar-refractivity contribution in [3.8, 4) is 0 Å². The number of nitrogens with one attached hydrogen (secondary N) is 1. The van der Waals surface area contributed by atoms with Crippen molar-refractivity contribution in [3.05, 3.63) is 34.6 Å². The fraction of sp³-hybridized carbons (Fsp3) is 0.500. The van der Waals surface area contributed by atoms with Crippen LogP contribution in [0, 0.1) is 11.7 Å². The van der Waals surface area contributed by atoms with Crippen molar-refractivity contribution in [3.63, 3.8) is 0 Å². The minimum absolute atomic E-state index is 0.0324. The van der Waals surface area contributed by atoms with E-state index in [2.05, 4.69) is 5.32 Å². The fourth-order valence-corrected chi connectivity index (χ4v) is 3.25. The summed E-state index contributed by atoms with van der Waals surface area (Å²) < 4.78 is 19.0. The second-order valence-electron chi connectivity index (χ2n) is 5.32. The van der Waals surface area contributed by atoms with Gasteiger partial charge in [-0.15, -0.1) is 0 Å². The molecule has 1 aromatic carbocycles. The van der Waals surface area contributed by atoms with Crippen LogP contribution < -0.4 is 11.1 Å². The first-order chi connectivity index (χ1) is 9.59. The number of halogens is 2. The van der Waals surface area contributed by atoms with E-state index < -0.39 is 11.7 Å². The van der Waals surface area contributed by atoms with Gasteiger partial charge in [-0.2, -0.15) is 0 Å².